The number of nitrogens with one attached hydrogen (secondary N) is 2. The Balaban J connectivity index is 0.00000338. The lowest BCUT2D eigenvalue weighted by molar-refractivity contribution is 0.298. The molecule has 26 heavy (non-hydrogen) atoms. The van der Waals surface area contributed by atoms with Crippen molar-refractivity contribution in [1.82, 2.24) is 20.5 Å². The van der Waals surface area contributed by atoms with Gasteiger partial charge in [0.1, 0.15) is 10.8 Å². The molecule has 1 atom stereocenters. The molecule has 0 aliphatic carbocycles. The zero-order chi connectivity index (χ0) is 18.2. The third-order valence-electron chi connectivity index (χ3n) is 3.73. The minimum absolute atomic E-state index is 0. The molecule has 0 radical (unpaired) electrons. The van der Waals surface area contributed by atoms with Crippen LogP contribution >= 0.6 is 35.3 Å². The van der Waals surface area contributed by atoms with E-state index >= 15 is 0 Å². The van der Waals surface area contributed by atoms with Crippen molar-refractivity contribution in [3.63, 3.8) is 0 Å². The number of hydrogen-bond donors (Lipinski definition) is 2. The first-order valence-electron chi connectivity index (χ1n) is 8.35. The Morgan fingerprint density at radius 1 is 1.27 bits per heavy atom. The first-order chi connectivity index (χ1) is 12.0. The van der Waals surface area contributed by atoms with Crippen molar-refractivity contribution < 1.29 is 4.39 Å². The van der Waals surface area contributed by atoms with E-state index in [2.05, 4.69) is 25.5 Å². The van der Waals surface area contributed by atoms with Crippen molar-refractivity contribution in [2.75, 3.05) is 27.2 Å². The monoisotopic (exact) mass is 491 g/mol. The highest BCUT2D eigenvalue weighted by Gasteiger charge is 2.14. The quantitative estimate of drug-likeness (QED) is 0.354. The molecule has 2 N–H and O–H groups in total. The number of likely N-dealkylation sites (N-methyl/N-ethyl adjacent to an activating group) is 1. The fourth-order valence-electron chi connectivity index (χ4n) is 2.44. The maximum absolute atomic E-state index is 13.2. The summed E-state index contributed by atoms with van der Waals surface area (Å²) in [6.45, 7) is 6.08. The summed E-state index contributed by atoms with van der Waals surface area (Å²) in [6, 6.07) is 6.76. The van der Waals surface area contributed by atoms with Crippen LogP contribution in [0.3, 0.4) is 0 Å². The van der Waals surface area contributed by atoms with Crippen LogP contribution < -0.4 is 10.6 Å². The molecule has 1 aromatic heterocycles. The lowest BCUT2D eigenvalue weighted by atomic mass is 10.1. The predicted molar refractivity (Wildman–Crippen MR) is 118 cm³/mol. The number of thiazole rings is 1. The van der Waals surface area contributed by atoms with Crippen LogP contribution in [0.15, 0.2) is 35.5 Å². The fraction of sp³-hybridized carbons (Fsp3) is 0.444. The van der Waals surface area contributed by atoms with Crippen LogP contribution in [-0.2, 0) is 6.54 Å². The van der Waals surface area contributed by atoms with E-state index in [1.807, 2.05) is 46.3 Å². The predicted octanol–water partition coefficient (Wildman–Crippen LogP) is 3.57. The smallest absolute Gasteiger partial charge is 0.191 e. The van der Waals surface area contributed by atoms with Gasteiger partial charge >= 0.3 is 0 Å². The molecule has 0 spiro atoms. The average Bonchev–Trinajstić information content (AvgIpc) is 2.99. The van der Waals surface area contributed by atoms with Crippen molar-refractivity contribution in [3.05, 3.63) is 51.7 Å². The number of aromatic nitrogens is 1. The van der Waals surface area contributed by atoms with Crippen LogP contribution in [0.2, 0.25) is 0 Å². The van der Waals surface area contributed by atoms with E-state index in [-0.39, 0.29) is 35.8 Å². The van der Waals surface area contributed by atoms with E-state index in [1.54, 1.807) is 11.3 Å². The number of halogens is 2. The summed E-state index contributed by atoms with van der Waals surface area (Å²) in [6.07, 6.45) is 1.87. The first-order valence-corrected chi connectivity index (χ1v) is 9.16. The highest BCUT2D eigenvalue weighted by Crippen LogP contribution is 2.17. The van der Waals surface area contributed by atoms with Crippen molar-refractivity contribution in [1.29, 1.82) is 0 Å². The van der Waals surface area contributed by atoms with Crippen LogP contribution in [-0.4, -0.2) is 43.0 Å². The Morgan fingerprint density at radius 3 is 2.50 bits per heavy atom. The standard InChI is InChI=1S/C18H26FN5S.HI/c1-5-20-18(23-12-17-21-10-13(2)25-17)22-11-16(24(3)4)14-6-8-15(19)9-7-14;/h6-10,16H,5,11-12H2,1-4H3,(H2,20,22,23);1H. The highest BCUT2D eigenvalue weighted by atomic mass is 127. The molecule has 0 amide bonds. The van der Waals surface area contributed by atoms with E-state index in [0.717, 1.165) is 23.1 Å². The second-order valence-corrected chi connectivity index (χ2v) is 7.29. The van der Waals surface area contributed by atoms with Gasteiger partial charge in [0.05, 0.1) is 12.6 Å². The Hall–Kier alpha value is -1.26. The van der Waals surface area contributed by atoms with E-state index in [9.17, 15) is 4.39 Å². The Labute approximate surface area is 176 Å². The van der Waals surface area contributed by atoms with Gasteiger partial charge in [0.25, 0.3) is 0 Å². The minimum Gasteiger partial charge on any atom is -0.357 e. The summed E-state index contributed by atoms with van der Waals surface area (Å²) >= 11 is 1.66. The number of nitrogens with zero attached hydrogens (tertiary/aromatic N) is 3. The Bertz CT molecular complexity index is 687. The first kappa shape index (κ1) is 22.8. The Kier molecular flexibility index (Phi) is 10.0. The van der Waals surface area contributed by atoms with Gasteiger partial charge in [-0.3, -0.25) is 0 Å². The number of rotatable bonds is 7. The molecule has 1 aromatic carbocycles. The molecule has 1 heterocycles. The van der Waals surface area contributed by atoms with E-state index < -0.39 is 0 Å². The normalized spacial score (nSPS) is 12.6. The van der Waals surface area contributed by atoms with Crippen molar-refractivity contribution in [3.8, 4) is 0 Å². The summed E-state index contributed by atoms with van der Waals surface area (Å²) in [5, 5.41) is 7.62. The van der Waals surface area contributed by atoms with Gasteiger partial charge in [-0.15, -0.1) is 35.3 Å². The maximum Gasteiger partial charge on any atom is 0.191 e. The van der Waals surface area contributed by atoms with Gasteiger partial charge in [-0.25, -0.2) is 14.4 Å². The molecule has 0 saturated carbocycles. The summed E-state index contributed by atoms with van der Waals surface area (Å²) in [7, 11) is 4.02. The second kappa shape index (κ2) is 11.5. The number of benzene rings is 1. The van der Waals surface area contributed by atoms with E-state index in [1.165, 1.54) is 17.0 Å². The number of aliphatic imine (C=N–C) groups is 1. The van der Waals surface area contributed by atoms with Gasteiger partial charge in [-0.05, 0) is 45.6 Å². The summed E-state index contributed by atoms with van der Waals surface area (Å²) in [5.41, 5.74) is 1.06. The minimum atomic E-state index is -0.220. The van der Waals surface area contributed by atoms with E-state index in [4.69, 9.17) is 0 Å². The number of aryl methyl sites for hydroxylation is 1. The van der Waals surface area contributed by atoms with Gasteiger partial charge < -0.3 is 15.5 Å². The van der Waals surface area contributed by atoms with Gasteiger partial charge in [0.15, 0.2) is 5.96 Å². The van der Waals surface area contributed by atoms with Crippen molar-refractivity contribution >= 4 is 41.3 Å². The van der Waals surface area contributed by atoms with E-state index in [0.29, 0.717) is 13.1 Å². The molecule has 144 valence electrons. The largest absolute Gasteiger partial charge is 0.357 e. The Morgan fingerprint density at radius 2 is 1.96 bits per heavy atom. The average molecular weight is 491 g/mol. The maximum atomic E-state index is 13.2. The molecule has 1 unspecified atom stereocenters. The molecule has 0 fully saturated rings. The molecule has 2 aromatic rings. The zero-order valence-corrected chi connectivity index (χ0v) is 18.8. The van der Waals surface area contributed by atoms with Crippen molar-refractivity contribution in [2.45, 2.75) is 26.4 Å². The van der Waals surface area contributed by atoms with Gasteiger partial charge in [0, 0.05) is 24.2 Å². The molecule has 2 rings (SSSR count). The third kappa shape index (κ3) is 7.16. The van der Waals surface area contributed by atoms with Crippen LogP contribution in [0, 0.1) is 12.7 Å². The van der Waals surface area contributed by atoms with Crippen LogP contribution in [0.4, 0.5) is 4.39 Å². The van der Waals surface area contributed by atoms with Crippen molar-refractivity contribution in [2.24, 2.45) is 4.99 Å². The fourth-order valence-corrected chi connectivity index (χ4v) is 3.15. The summed E-state index contributed by atoms with van der Waals surface area (Å²) in [5.74, 6) is 0.534. The van der Waals surface area contributed by atoms with Crippen LogP contribution in [0.25, 0.3) is 0 Å². The lowest BCUT2D eigenvalue weighted by Crippen LogP contribution is -2.41. The van der Waals surface area contributed by atoms with Crippen LogP contribution in [0.1, 0.15) is 28.4 Å². The van der Waals surface area contributed by atoms with Gasteiger partial charge in [-0.2, -0.15) is 0 Å². The molecular formula is C18H27FIN5S. The molecule has 0 saturated heterocycles. The topological polar surface area (TPSA) is 52.6 Å². The summed E-state index contributed by atoms with van der Waals surface area (Å²) < 4.78 is 13.2. The lowest BCUT2D eigenvalue weighted by Gasteiger charge is -2.26. The molecule has 5 nitrogen and oxygen atoms in total. The molecule has 0 aliphatic heterocycles. The SMILES string of the molecule is CCNC(=NCc1ncc(C)s1)NCC(c1ccc(F)cc1)N(C)C.I. The highest BCUT2D eigenvalue weighted by molar-refractivity contribution is 14.0. The second-order valence-electron chi connectivity index (χ2n) is 5.97. The number of hydrogen-bond acceptors (Lipinski definition) is 4. The number of guanidine groups is 1. The summed E-state index contributed by atoms with van der Waals surface area (Å²) in [4.78, 5) is 12.2. The van der Waals surface area contributed by atoms with Gasteiger partial charge in [0.2, 0.25) is 0 Å². The zero-order valence-electron chi connectivity index (χ0n) is 15.6. The molecule has 0 aliphatic rings. The van der Waals surface area contributed by atoms with Crippen LogP contribution in [0.5, 0.6) is 0 Å². The molecule has 0 bridgehead atoms. The molecular weight excluding hydrogens is 464 g/mol. The third-order valence-corrected chi connectivity index (χ3v) is 4.62. The molecule has 8 heteroatoms. The van der Waals surface area contributed by atoms with Gasteiger partial charge in [-0.1, -0.05) is 12.1 Å².